The molecule has 0 radical (unpaired) electrons. The Balaban J connectivity index is 1.91. The lowest BCUT2D eigenvalue weighted by molar-refractivity contribution is 0.0384. The number of hydrogen-bond acceptors (Lipinski definition) is 3. The molecule has 0 saturated carbocycles. The summed E-state index contributed by atoms with van der Waals surface area (Å²) in [5.74, 6) is 0. The zero-order chi connectivity index (χ0) is 8.65. The van der Waals surface area contributed by atoms with E-state index in [9.17, 15) is 0 Å². The Labute approximate surface area is 75.1 Å². The van der Waals surface area contributed by atoms with Crippen molar-refractivity contribution in [1.29, 1.82) is 0 Å². The first kappa shape index (κ1) is 9.96. The van der Waals surface area contributed by atoms with Gasteiger partial charge in [0.1, 0.15) is 0 Å². The Morgan fingerprint density at radius 1 is 1.25 bits per heavy atom. The molecule has 0 spiro atoms. The largest absolute Gasteiger partial charge is 0.379 e. The van der Waals surface area contributed by atoms with E-state index < -0.39 is 0 Å². The van der Waals surface area contributed by atoms with Crippen molar-refractivity contribution in [3.63, 3.8) is 0 Å². The van der Waals surface area contributed by atoms with Gasteiger partial charge in [-0.15, -0.1) is 0 Å². The van der Waals surface area contributed by atoms with Crippen LogP contribution >= 0.6 is 0 Å². The Bertz CT molecular complexity index is 103. The molecule has 3 heteroatoms. The van der Waals surface area contributed by atoms with Crippen LogP contribution in [0.3, 0.4) is 0 Å². The van der Waals surface area contributed by atoms with Gasteiger partial charge >= 0.3 is 0 Å². The van der Waals surface area contributed by atoms with Crippen molar-refractivity contribution in [2.24, 2.45) is 0 Å². The maximum absolute atomic E-state index is 5.27. The first-order valence-electron chi connectivity index (χ1n) is 4.94. The van der Waals surface area contributed by atoms with E-state index in [-0.39, 0.29) is 0 Å². The van der Waals surface area contributed by atoms with Crippen LogP contribution in [0.5, 0.6) is 0 Å². The van der Waals surface area contributed by atoms with Crippen molar-refractivity contribution in [3.05, 3.63) is 0 Å². The molecule has 0 aromatic rings. The van der Waals surface area contributed by atoms with E-state index in [4.69, 9.17) is 4.74 Å². The molecule has 0 unspecified atom stereocenters. The van der Waals surface area contributed by atoms with Crippen LogP contribution in [0.15, 0.2) is 0 Å². The zero-order valence-corrected chi connectivity index (χ0v) is 8.01. The molecule has 1 fully saturated rings. The van der Waals surface area contributed by atoms with Gasteiger partial charge in [0.05, 0.1) is 13.2 Å². The maximum Gasteiger partial charge on any atom is 0.0594 e. The summed E-state index contributed by atoms with van der Waals surface area (Å²) in [6, 6.07) is 0. The lowest BCUT2D eigenvalue weighted by Crippen LogP contribution is -2.40. The number of nitrogens with one attached hydrogen (secondary N) is 1. The highest BCUT2D eigenvalue weighted by molar-refractivity contribution is 4.62. The summed E-state index contributed by atoms with van der Waals surface area (Å²) in [6.45, 7) is 9.66. The summed E-state index contributed by atoms with van der Waals surface area (Å²) in [5.41, 5.74) is 0. The number of hydrogen-bond donors (Lipinski definition) is 1. The Morgan fingerprint density at radius 2 is 2.00 bits per heavy atom. The van der Waals surface area contributed by atoms with E-state index in [0.717, 1.165) is 39.4 Å². The van der Waals surface area contributed by atoms with Gasteiger partial charge in [0.15, 0.2) is 0 Å². The number of nitrogens with zero attached hydrogens (tertiary/aromatic N) is 1. The molecule has 0 atom stereocenters. The molecule has 72 valence electrons. The van der Waals surface area contributed by atoms with Crippen molar-refractivity contribution in [2.75, 3.05) is 45.9 Å². The van der Waals surface area contributed by atoms with Crippen molar-refractivity contribution >= 4 is 0 Å². The van der Waals surface area contributed by atoms with Gasteiger partial charge in [-0.05, 0) is 13.0 Å². The first-order chi connectivity index (χ1) is 5.93. The van der Waals surface area contributed by atoms with Gasteiger partial charge in [-0.2, -0.15) is 0 Å². The Hall–Kier alpha value is -0.120. The SMILES string of the molecule is CCCNCCN1CCOCC1. The van der Waals surface area contributed by atoms with Gasteiger partial charge in [0, 0.05) is 26.2 Å². The molecule has 1 saturated heterocycles. The minimum atomic E-state index is 0.910. The summed E-state index contributed by atoms with van der Waals surface area (Å²) in [4.78, 5) is 2.45. The van der Waals surface area contributed by atoms with Crippen molar-refractivity contribution < 1.29 is 4.74 Å². The third kappa shape index (κ3) is 4.04. The number of rotatable bonds is 5. The third-order valence-corrected chi connectivity index (χ3v) is 2.14. The molecular weight excluding hydrogens is 152 g/mol. The van der Waals surface area contributed by atoms with Crippen LogP contribution in [-0.2, 0) is 4.74 Å². The summed E-state index contributed by atoms with van der Waals surface area (Å²) < 4.78 is 5.27. The standard InChI is InChI=1S/C9H20N2O/c1-2-3-10-4-5-11-6-8-12-9-7-11/h10H,2-9H2,1H3. The highest BCUT2D eigenvalue weighted by atomic mass is 16.5. The zero-order valence-electron chi connectivity index (χ0n) is 8.01. The molecule has 0 bridgehead atoms. The van der Waals surface area contributed by atoms with Crippen LogP contribution in [0.1, 0.15) is 13.3 Å². The van der Waals surface area contributed by atoms with E-state index in [0.29, 0.717) is 0 Å². The molecular formula is C9H20N2O. The molecule has 1 heterocycles. The van der Waals surface area contributed by atoms with Crippen molar-refractivity contribution in [1.82, 2.24) is 10.2 Å². The Morgan fingerprint density at radius 3 is 2.67 bits per heavy atom. The molecule has 0 aromatic heterocycles. The minimum Gasteiger partial charge on any atom is -0.379 e. The predicted octanol–water partition coefficient (Wildman–Crippen LogP) is 0.318. The number of morpholine rings is 1. The highest BCUT2D eigenvalue weighted by Gasteiger charge is 2.08. The van der Waals surface area contributed by atoms with Crippen molar-refractivity contribution in [3.8, 4) is 0 Å². The maximum atomic E-state index is 5.27. The summed E-state index contributed by atoms with van der Waals surface area (Å²) in [7, 11) is 0. The molecule has 0 aromatic carbocycles. The van der Waals surface area contributed by atoms with Crippen LogP contribution in [-0.4, -0.2) is 50.8 Å². The average Bonchev–Trinajstić information content (AvgIpc) is 2.14. The fourth-order valence-electron chi connectivity index (χ4n) is 1.36. The molecule has 1 aliphatic heterocycles. The summed E-state index contributed by atoms with van der Waals surface area (Å²) in [5, 5.41) is 3.40. The summed E-state index contributed by atoms with van der Waals surface area (Å²) in [6.07, 6.45) is 1.23. The lowest BCUT2D eigenvalue weighted by atomic mass is 10.4. The van der Waals surface area contributed by atoms with Crippen LogP contribution in [0.25, 0.3) is 0 Å². The van der Waals surface area contributed by atoms with Gasteiger partial charge in [-0.1, -0.05) is 6.92 Å². The van der Waals surface area contributed by atoms with Crippen LogP contribution < -0.4 is 5.32 Å². The normalized spacial score (nSPS) is 19.8. The Kier molecular flexibility index (Phi) is 5.32. The first-order valence-corrected chi connectivity index (χ1v) is 4.94. The van der Waals surface area contributed by atoms with Crippen LogP contribution in [0, 0.1) is 0 Å². The van der Waals surface area contributed by atoms with E-state index in [1.165, 1.54) is 13.0 Å². The topological polar surface area (TPSA) is 24.5 Å². The quantitative estimate of drug-likeness (QED) is 0.604. The monoisotopic (exact) mass is 172 g/mol. The number of ether oxygens (including phenoxy) is 1. The van der Waals surface area contributed by atoms with Gasteiger partial charge in [0.25, 0.3) is 0 Å². The van der Waals surface area contributed by atoms with Gasteiger partial charge in [0.2, 0.25) is 0 Å². The molecule has 1 aliphatic rings. The van der Waals surface area contributed by atoms with Crippen LogP contribution in [0.2, 0.25) is 0 Å². The van der Waals surface area contributed by atoms with Gasteiger partial charge in [-0.3, -0.25) is 4.90 Å². The third-order valence-electron chi connectivity index (χ3n) is 2.14. The fourth-order valence-corrected chi connectivity index (χ4v) is 1.36. The highest BCUT2D eigenvalue weighted by Crippen LogP contribution is 1.94. The second kappa shape index (κ2) is 6.40. The predicted molar refractivity (Wildman–Crippen MR) is 50.4 cm³/mol. The summed E-state index contributed by atoms with van der Waals surface area (Å²) >= 11 is 0. The second-order valence-electron chi connectivity index (χ2n) is 3.20. The smallest absolute Gasteiger partial charge is 0.0594 e. The van der Waals surface area contributed by atoms with Gasteiger partial charge < -0.3 is 10.1 Å². The second-order valence-corrected chi connectivity index (χ2v) is 3.20. The molecule has 1 rings (SSSR count). The van der Waals surface area contributed by atoms with E-state index >= 15 is 0 Å². The molecule has 12 heavy (non-hydrogen) atoms. The molecule has 0 aliphatic carbocycles. The lowest BCUT2D eigenvalue weighted by Gasteiger charge is -2.26. The fraction of sp³-hybridized carbons (Fsp3) is 1.00. The van der Waals surface area contributed by atoms with E-state index in [2.05, 4.69) is 17.1 Å². The molecule has 1 N–H and O–H groups in total. The average molecular weight is 172 g/mol. The molecule has 0 amide bonds. The van der Waals surface area contributed by atoms with E-state index in [1.807, 2.05) is 0 Å². The van der Waals surface area contributed by atoms with Gasteiger partial charge in [-0.25, -0.2) is 0 Å². The van der Waals surface area contributed by atoms with Crippen LogP contribution in [0.4, 0.5) is 0 Å². The minimum absolute atomic E-state index is 0.910. The molecule has 3 nitrogen and oxygen atoms in total. The van der Waals surface area contributed by atoms with E-state index in [1.54, 1.807) is 0 Å². The van der Waals surface area contributed by atoms with Crippen molar-refractivity contribution in [2.45, 2.75) is 13.3 Å².